The van der Waals surface area contributed by atoms with Gasteiger partial charge in [-0.2, -0.15) is 0 Å². The molecule has 0 saturated heterocycles. The average Bonchev–Trinajstić information content (AvgIpc) is 2.77. The van der Waals surface area contributed by atoms with Gasteiger partial charge in [0.25, 0.3) is 0 Å². The van der Waals surface area contributed by atoms with Crippen LogP contribution in [0.25, 0.3) is 0 Å². The zero-order valence-corrected chi connectivity index (χ0v) is 19.3. The molecule has 0 unspecified atom stereocenters. The van der Waals surface area contributed by atoms with Crippen LogP contribution >= 0.6 is 12.2 Å². The first-order valence-electron chi connectivity index (χ1n) is 12.0. The Balaban J connectivity index is 1.15. The predicted molar refractivity (Wildman–Crippen MR) is 132 cm³/mol. The predicted octanol–water partition coefficient (Wildman–Crippen LogP) is 5.73. The number of thiocarbonyl (C=S) groups is 1. The lowest BCUT2D eigenvalue weighted by Crippen LogP contribution is -2.55. The van der Waals surface area contributed by atoms with E-state index in [1.54, 1.807) is 0 Å². The van der Waals surface area contributed by atoms with Crippen LogP contribution in [-0.2, 0) is 11.2 Å². The molecule has 0 heterocycles. The molecule has 0 aromatic heterocycles. The van der Waals surface area contributed by atoms with E-state index in [1.807, 2.05) is 30.3 Å². The second-order valence-corrected chi connectivity index (χ2v) is 10.4. The lowest BCUT2D eigenvalue weighted by Gasteiger charge is -2.55. The molecule has 5 heteroatoms. The molecule has 0 aliphatic heterocycles. The number of rotatable bonds is 7. The molecule has 0 atom stereocenters. The van der Waals surface area contributed by atoms with Crippen LogP contribution in [0.4, 0.5) is 5.69 Å². The Hall–Kier alpha value is -2.40. The fraction of sp³-hybridized carbons (Fsp3) is 0.481. The van der Waals surface area contributed by atoms with Gasteiger partial charge in [-0.25, -0.2) is 0 Å². The molecule has 2 aromatic carbocycles. The number of hydrogen-bond donors (Lipinski definition) is 2. The summed E-state index contributed by atoms with van der Waals surface area (Å²) in [5, 5.41) is 6.60. The van der Waals surface area contributed by atoms with Gasteiger partial charge >= 0.3 is 0 Å². The molecule has 2 aromatic rings. The molecule has 6 rings (SSSR count). The van der Waals surface area contributed by atoms with E-state index >= 15 is 0 Å². The number of carbonyl (C=O) groups excluding carboxylic acids is 1. The van der Waals surface area contributed by atoms with Gasteiger partial charge in [0.15, 0.2) is 5.11 Å². The molecular weight excluding hydrogens is 416 g/mol. The Kier molecular flexibility index (Phi) is 6.18. The van der Waals surface area contributed by atoms with E-state index in [9.17, 15) is 4.79 Å². The second-order valence-electron chi connectivity index (χ2n) is 10.0. The Labute approximate surface area is 196 Å². The van der Waals surface area contributed by atoms with Crippen molar-refractivity contribution in [1.29, 1.82) is 0 Å². The SMILES string of the molecule is O=C(NC(=S)Nc1ccccc1OCCCc1ccccc1)C12CC3CC(CC(C3)C1)C2. The molecule has 4 fully saturated rings. The molecule has 1 amide bonds. The van der Waals surface area contributed by atoms with Gasteiger partial charge in [-0.1, -0.05) is 42.5 Å². The number of aryl methyl sites for hydroxylation is 1. The van der Waals surface area contributed by atoms with Gasteiger partial charge in [-0.05, 0) is 99.0 Å². The molecule has 2 N–H and O–H groups in total. The van der Waals surface area contributed by atoms with Crippen LogP contribution in [0.1, 0.15) is 50.5 Å². The normalized spacial score (nSPS) is 27.7. The van der Waals surface area contributed by atoms with Crippen LogP contribution in [0, 0.1) is 23.2 Å². The maximum absolute atomic E-state index is 13.3. The molecular formula is C27H32N2O2S. The topological polar surface area (TPSA) is 50.4 Å². The van der Waals surface area contributed by atoms with Crippen LogP contribution in [0.2, 0.25) is 0 Å². The summed E-state index contributed by atoms with van der Waals surface area (Å²) in [7, 11) is 0. The lowest BCUT2D eigenvalue weighted by atomic mass is 9.49. The van der Waals surface area contributed by atoms with Gasteiger partial charge in [-0.3, -0.25) is 4.79 Å². The zero-order chi connectivity index (χ0) is 22.0. The number of anilines is 1. The Morgan fingerprint density at radius 3 is 2.25 bits per heavy atom. The van der Waals surface area contributed by atoms with E-state index in [1.165, 1.54) is 24.8 Å². The number of amides is 1. The van der Waals surface area contributed by atoms with Crippen molar-refractivity contribution < 1.29 is 9.53 Å². The summed E-state index contributed by atoms with van der Waals surface area (Å²) in [6.45, 7) is 0.625. The van der Waals surface area contributed by atoms with Crippen molar-refractivity contribution in [3.8, 4) is 5.75 Å². The van der Waals surface area contributed by atoms with E-state index in [0.717, 1.165) is 61.3 Å². The number of nitrogens with one attached hydrogen (secondary N) is 2. The third-order valence-electron chi connectivity index (χ3n) is 7.59. The highest BCUT2D eigenvalue weighted by Gasteiger charge is 2.54. The molecule has 4 nitrogen and oxygen atoms in total. The third kappa shape index (κ3) is 4.68. The van der Waals surface area contributed by atoms with Crippen molar-refractivity contribution in [1.82, 2.24) is 5.32 Å². The summed E-state index contributed by atoms with van der Waals surface area (Å²) < 4.78 is 6.03. The van der Waals surface area contributed by atoms with Crippen molar-refractivity contribution in [2.24, 2.45) is 23.2 Å². The molecule has 0 radical (unpaired) electrons. The smallest absolute Gasteiger partial charge is 0.232 e. The molecule has 0 spiro atoms. The van der Waals surface area contributed by atoms with Crippen LogP contribution in [-0.4, -0.2) is 17.6 Å². The first-order chi connectivity index (χ1) is 15.6. The number of ether oxygens (including phenoxy) is 1. The number of para-hydroxylation sites is 2. The van der Waals surface area contributed by atoms with Crippen molar-refractivity contribution in [3.05, 3.63) is 60.2 Å². The van der Waals surface area contributed by atoms with Gasteiger partial charge in [-0.15, -0.1) is 0 Å². The standard InChI is InChI=1S/C27H32N2O2S/c30-25(27-16-20-13-21(17-27)15-22(14-20)18-27)29-26(32)28-23-10-4-5-11-24(23)31-12-6-9-19-7-2-1-3-8-19/h1-5,7-8,10-11,20-22H,6,9,12-18H2,(H2,28,29,30,32). The average molecular weight is 449 g/mol. The highest BCUT2D eigenvalue weighted by Crippen LogP contribution is 2.60. The van der Waals surface area contributed by atoms with E-state index in [-0.39, 0.29) is 11.3 Å². The molecule has 168 valence electrons. The summed E-state index contributed by atoms with van der Waals surface area (Å²) >= 11 is 5.53. The van der Waals surface area contributed by atoms with Crippen molar-refractivity contribution in [2.75, 3.05) is 11.9 Å². The van der Waals surface area contributed by atoms with E-state index < -0.39 is 0 Å². The first-order valence-corrected chi connectivity index (χ1v) is 12.4. The monoisotopic (exact) mass is 448 g/mol. The molecule has 32 heavy (non-hydrogen) atoms. The minimum atomic E-state index is -0.200. The highest BCUT2D eigenvalue weighted by atomic mass is 32.1. The zero-order valence-electron chi connectivity index (χ0n) is 18.5. The largest absolute Gasteiger partial charge is 0.491 e. The number of benzene rings is 2. The van der Waals surface area contributed by atoms with E-state index in [2.05, 4.69) is 34.9 Å². The molecule has 4 bridgehead atoms. The maximum atomic E-state index is 13.3. The number of carbonyl (C=O) groups is 1. The van der Waals surface area contributed by atoms with Crippen LogP contribution in [0.5, 0.6) is 5.75 Å². The summed E-state index contributed by atoms with van der Waals surface area (Å²) in [6, 6.07) is 18.2. The van der Waals surface area contributed by atoms with Crippen molar-refractivity contribution in [2.45, 2.75) is 51.4 Å². The van der Waals surface area contributed by atoms with Gasteiger partial charge in [0.05, 0.1) is 17.7 Å². The molecule has 4 aliphatic carbocycles. The minimum absolute atomic E-state index is 0.121. The van der Waals surface area contributed by atoms with Crippen molar-refractivity contribution >= 4 is 28.9 Å². The van der Waals surface area contributed by atoms with Gasteiger partial charge < -0.3 is 15.4 Å². The van der Waals surface area contributed by atoms with Gasteiger partial charge in [0, 0.05) is 0 Å². The van der Waals surface area contributed by atoms with Crippen molar-refractivity contribution in [3.63, 3.8) is 0 Å². The van der Waals surface area contributed by atoms with Crippen LogP contribution < -0.4 is 15.4 Å². The van der Waals surface area contributed by atoms with Crippen LogP contribution in [0.15, 0.2) is 54.6 Å². The summed E-state index contributed by atoms with van der Waals surface area (Å²) in [5.41, 5.74) is 1.91. The fourth-order valence-corrected chi connectivity index (χ4v) is 6.78. The fourth-order valence-electron chi connectivity index (χ4n) is 6.58. The van der Waals surface area contributed by atoms with Gasteiger partial charge in [0.1, 0.15) is 5.75 Å². The molecule has 4 saturated carbocycles. The lowest BCUT2D eigenvalue weighted by molar-refractivity contribution is -0.144. The van der Waals surface area contributed by atoms with E-state index in [0.29, 0.717) is 11.7 Å². The summed E-state index contributed by atoms with van der Waals surface area (Å²) in [6.07, 6.45) is 9.00. The van der Waals surface area contributed by atoms with Crippen LogP contribution in [0.3, 0.4) is 0 Å². The van der Waals surface area contributed by atoms with E-state index in [4.69, 9.17) is 17.0 Å². The second kappa shape index (κ2) is 9.22. The minimum Gasteiger partial charge on any atom is -0.491 e. The van der Waals surface area contributed by atoms with Gasteiger partial charge in [0.2, 0.25) is 5.91 Å². The summed E-state index contributed by atoms with van der Waals surface area (Å²) in [4.78, 5) is 13.3. The highest BCUT2D eigenvalue weighted by molar-refractivity contribution is 7.80. The molecule has 4 aliphatic rings. The Bertz CT molecular complexity index is 939. The first kappa shape index (κ1) is 21.4. The Morgan fingerprint density at radius 1 is 0.938 bits per heavy atom. The summed E-state index contributed by atoms with van der Waals surface area (Å²) in [5.74, 6) is 3.08. The third-order valence-corrected chi connectivity index (χ3v) is 7.80. The quantitative estimate of drug-likeness (QED) is 0.420. The maximum Gasteiger partial charge on any atom is 0.232 e. The number of hydrogen-bond acceptors (Lipinski definition) is 3. The Morgan fingerprint density at radius 2 is 1.56 bits per heavy atom.